The third-order valence-corrected chi connectivity index (χ3v) is 7.34. The van der Waals surface area contributed by atoms with Gasteiger partial charge in [-0.2, -0.15) is 8.78 Å². The van der Waals surface area contributed by atoms with Gasteiger partial charge in [-0.3, -0.25) is 0 Å². The van der Waals surface area contributed by atoms with Crippen LogP contribution < -0.4 is 0 Å². The Morgan fingerprint density at radius 1 is 0.800 bits per heavy atom. The lowest BCUT2D eigenvalue weighted by Gasteiger charge is -2.29. The van der Waals surface area contributed by atoms with E-state index in [9.17, 15) is 8.78 Å². The van der Waals surface area contributed by atoms with Gasteiger partial charge < -0.3 is 0 Å². The number of thioether (sulfide) groups is 1. The molecule has 0 nitrogen and oxygen atoms in total. The maximum atomic E-state index is 12.4. The monoisotopic (exact) mass is 430 g/mol. The average Bonchev–Trinajstić information content (AvgIpc) is 2.77. The molecule has 1 fully saturated rings. The van der Waals surface area contributed by atoms with Crippen molar-refractivity contribution in [2.24, 2.45) is 5.92 Å². The molecular weight excluding hydrogens is 394 g/mol. The maximum Gasteiger partial charge on any atom is 0.288 e. The van der Waals surface area contributed by atoms with Crippen molar-refractivity contribution in [3.05, 3.63) is 65.2 Å². The summed E-state index contributed by atoms with van der Waals surface area (Å²) >= 11 is 0.609. The molecule has 3 rings (SSSR count). The second kappa shape index (κ2) is 12.5. The van der Waals surface area contributed by atoms with Crippen molar-refractivity contribution in [3.63, 3.8) is 0 Å². The quantitative estimate of drug-likeness (QED) is 0.253. The van der Waals surface area contributed by atoms with Crippen LogP contribution in [0.5, 0.6) is 0 Å². The largest absolute Gasteiger partial charge is 0.288 e. The lowest BCUT2D eigenvalue weighted by molar-refractivity contribution is 0.252. The summed E-state index contributed by atoms with van der Waals surface area (Å²) in [4.78, 5) is 0.633. The van der Waals surface area contributed by atoms with Crippen LogP contribution >= 0.6 is 11.8 Å². The molecule has 0 N–H and O–H groups in total. The molecule has 2 aromatic carbocycles. The van der Waals surface area contributed by atoms with Crippen molar-refractivity contribution in [3.8, 4) is 0 Å². The van der Waals surface area contributed by atoms with E-state index in [0.717, 1.165) is 24.7 Å². The van der Waals surface area contributed by atoms with E-state index in [1.165, 1.54) is 74.5 Å². The average molecular weight is 431 g/mol. The minimum Gasteiger partial charge on any atom is -0.198 e. The molecule has 0 aromatic heterocycles. The van der Waals surface area contributed by atoms with Gasteiger partial charge >= 0.3 is 0 Å². The molecule has 1 saturated carbocycles. The van der Waals surface area contributed by atoms with E-state index in [2.05, 4.69) is 31.2 Å². The van der Waals surface area contributed by atoms with E-state index in [1.807, 2.05) is 12.1 Å². The van der Waals surface area contributed by atoms with Gasteiger partial charge in [-0.15, -0.1) is 0 Å². The fraction of sp³-hybridized carbons (Fsp3) is 0.556. The van der Waals surface area contributed by atoms with Gasteiger partial charge in [-0.1, -0.05) is 87.2 Å². The molecule has 164 valence electrons. The lowest BCUT2D eigenvalue weighted by Crippen LogP contribution is -2.13. The fourth-order valence-corrected chi connectivity index (χ4v) is 5.23. The van der Waals surface area contributed by atoms with E-state index >= 15 is 0 Å². The van der Waals surface area contributed by atoms with E-state index < -0.39 is 5.76 Å². The first-order valence-electron chi connectivity index (χ1n) is 11.8. The van der Waals surface area contributed by atoms with Crippen molar-refractivity contribution in [2.45, 2.75) is 94.1 Å². The zero-order valence-electron chi connectivity index (χ0n) is 18.3. The molecule has 2 aromatic rings. The standard InChI is InChI=1S/C27H36F2S/c1-2-3-4-5-6-21-9-15-24(16-10-21)25-17-11-22(12-18-25)7-8-23-13-19-26(20-14-23)30-27(28)29/h11-14,17-21,24,27H,2-10,15-16H2,1H3. The highest BCUT2D eigenvalue weighted by atomic mass is 32.2. The van der Waals surface area contributed by atoms with Crippen LogP contribution in [0, 0.1) is 5.92 Å². The molecule has 3 heteroatoms. The third kappa shape index (κ3) is 7.72. The summed E-state index contributed by atoms with van der Waals surface area (Å²) in [5.41, 5.74) is 4.07. The third-order valence-electron chi connectivity index (χ3n) is 6.61. The Balaban J connectivity index is 1.41. The number of benzene rings is 2. The fourth-order valence-electron chi connectivity index (χ4n) is 4.73. The van der Waals surface area contributed by atoms with Gasteiger partial charge in [0.05, 0.1) is 0 Å². The molecule has 0 atom stereocenters. The first-order chi connectivity index (χ1) is 14.6. The van der Waals surface area contributed by atoms with Gasteiger partial charge in [0, 0.05) is 4.90 Å². The van der Waals surface area contributed by atoms with Crippen LogP contribution in [0.3, 0.4) is 0 Å². The molecule has 0 radical (unpaired) electrons. The zero-order chi connectivity index (χ0) is 21.2. The minimum absolute atomic E-state index is 0.609. The molecule has 0 aliphatic heterocycles. The van der Waals surface area contributed by atoms with Gasteiger partial charge in [-0.05, 0) is 79.2 Å². The highest BCUT2D eigenvalue weighted by Crippen LogP contribution is 2.37. The Bertz CT molecular complexity index is 716. The van der Waals surface area contributed by atoms with Crippen molar-refractivity contribution in [1.29, 1.82) is 0 Å². The number of unbranched alkanes of at least 4 members (excludes halogenated alkanes) is 3. The summed E-state index contributed by atoms with van der Waals surface area (Å²) in [6.45, 7) is 2.28. The second-order valence-electron chi connectivity index (χ2n) is 8.83. The van der Waals surface area contributed by atoms with E-state index in [-0.39, 0.29) is 0 Å². The first kappa shape index (κ1) is 23.3. The molecule has 30 heavy (non-hydrogen) atoms. The number of hydrogen-bond acceptors (Lipinski definition) is 1. The Hall–Kier alpha value is -1.35. The molecule has 1 aliphatic carbocycles. The summed E-state index contributed by atoms with van der Waals surface area (Å²) in [5.74, 6) is -0.649. The van der Waals surface area contributed by atoms with Crippen LogP contribution in [0.25, 0.3) is 0 Å². The smallest absolute Gasteiger partial charge is 0.198 e. The van der Waals surface area contributed by atoms with Crippen LogP contribution in [0.4, 0.5) is 8.78 Å². The highest BCUT2D eigenvalue weighted by Gasteiger charge is 2.22. The van der Waals surface area contributed by atoms with Crippen molar-refractivity contribution >= 4 is 11.8 Å². The molecule has 0 unspecified atom stereocenters. The summed E-state index contributed by atoms with van der Waals surface area (Å²) in [6.07, 6.45) is 14.4. The van der Waals surface area contributed by atoms with Crippen molar-refractivity contribution in [2.75, 3.05) is 0 Å². The number of alkyl halides is 2. The predicted molar refractivity (Wildman–Crippen MR) is 126 cm³/mol. The first-order valence-corrected chi connectivity index (χ1v) is 12.6. The van der Waals surface area contributed by atoms with E-state index in [1.54, 1.807) is 12.1 Å². The topological polar surface area (TPSA) is 0 Å². The van der Waals surface area contributed by atoms with Crippen LogP contribution in [-0.4, -0.2) is 5.76 Å². The molecule has 0 bridgehead atoms. The van der Waals surface area contributed by atoms with Gasteiger partial charge in [0.15, 0.2) is 0 Å². The van der Waals surface area contributed by atoms with Crippen LogP contribution in [-0.2, 0) is 12.8 Å². The number of rotatable bonds is 11. The number of aryl methyl sites for hydroxylation is 2. The van der Waals surface area contributed by atoms with Gasteiger partial charge in [0.25, 0.3) is 5.76 Å². The van der Waals surface area contributed by atoms with Crippen LogP contribution in [0.2, 0.25) is 0 Å². The molecule has 1 aliphatic rings. The molecule has 0 saturated heterocycles. The van der Waals surface area contributed by atoms with Crippen LogP contribution in [0.15, 0.2) is 53.4 Å². The lowest BCUT2D eigenvalue weighted by atomic mass is 9.77. The summed E-state index contributed by atoms with van der Waals surface area (Å²) in [6, 6.07) is 16.8. The molecular formula is C27H36F2S. The normalized spacial score (nSPS) is 19.3. The van der Waals surface area contributed by atoms with Gasteiger partial charge in [0.2, 0.25) is 0 Å². The Morgan fingerprint density at radius 2 is 1.40 bits per heavy atom. The van der Waals surface area contributed by atoms with Gasteiger partial charge in [0.1, 0.15) is 0 Å². The zero-order valence-corrected chi connectivity index (χ0v) is 19.1. The Labute approximate surface area is 185 Å². The number of halogens is 2. The van der Waals surface area contributed by atoms with Crippen molar-refractivity contribution in [1.82, 2.24) is 0 Å². The second-order valence-corrected chi connectivity index (χ2v) is 9.89. The van der Waals surface area contributed by atoms with Crippen LogP contribution in [0.1, 0.15) is 87.3 Å². The predicted octanol–water partition coefficient (Wildman–Crippen LogP) is 9.03. The summed E-state index contributed by atoms with van der Waals surface area (Å²) < 4.78 is 24.8. The van der Waals surface area contributed by atoms with Gasteiger partial charge in [-0.25, -0.2) is 0 Å². The number of hydrogen-bond donors (Lipinski definition) is 0. The SMILES string of the molecule is CCCCCCC1CCC(c2ccc(CCc3ccc(SC(F)F)cc3)cc2)CC1. The summed E-state index contributed by atoms with van der Waals surface area (Å²) in [5, 5.41) is 0. The Kier molecular flexibility index (Phi) is 9.71. The Morgan fingerprint density at radius 3 is 1.97 bits per heavy atom. The summed E-state index contributed by atoms with van der Waals surface area (Å²) in [7, 11) is 0. The molecule has 0 heterocycles. The minimum atomic E-state index is -2.35. The maximum absolute atomic E-state index is 12.4. The molecule has 0 spiro atoms. The van der Waals surface area contributed by atoms with Crippen molar-refractivity contribution < 1.29 is 8.78 Å². The van der Waals surface area contributed by atoms with E-state index in [0.29, 0.717) is 16.7 Å². The molecule has 0 amide bonds. The van der Waals surface area contributed by atoms with E-state index in [4.69, 9.17) is 0 Å². The highest BCUT2D eigenvalue weighted by molar-refractivity contribution is 7.99.